The normalized spacial score (nSPS) is 14.1. The maximum absolute atomic E-state index is 12.4. The SMILES string of the molecule is O=C(NCC1CCN(C(=O)c2ccncc2)CC1)C(=O)Nc1ccc([N+](=O)[O-])cc1. The molecule has 3 amide bonds. The second-order valence-corrected chi connectivity index (χ2v) is 6.94. The number of pyridine rings is 1. The zero-order valence-corrected chi connectivity index (χ0v) is 16.1. The maximum Gasteiger partial charge on any atom is 0.313 e. The number of piperidine rings is 1. The second kappa shape index (κ2) is 9.59. The lowest BCUT2D eigenvalue weighted by atomic mass is 9.96. The molecule has 0 spiro atoms. The molecule has 2 N–H and O–H groups in total. The lowest BCUT2D eigenvalue weighted by Crippen LogP contribution is -2.43. The van der Waals surface area contributed by atoms with Gasteiger partial charge in [-0.05, 0) is 43.0 Å². The van der Waals surface area contributed by atoms with Crippen molar-refractivity contribution in [2.45, 2.75) is 12.8 Å². The van der Waals surface area contributed by atoms with Gasteiger partial charge in [-0.2, -0.15) is 0 Å². The molecule has 0 aliphatic carbocycles. The number of nitrogens with zero attached hydrogens (tertiary/aromatic N) is 3. The molecule has 3 rings (SSSR count). The van der Waals surface area contributed by atoms with Crippen molar-refractivity contribution in [1.82, 2.24) is 15.2 Å². The number of likely N-dealkylation sites (tertiary alicyclic amines) is 1. The summed E-state index contributed by atoms with van der Waals surface area (Å²) < 4.78 is 0. The van der Waals surface area contributed by atoms with Crippen molar-refractivity contribution in [2.24, 2.45) is 5.92 Å². The molecular weight excluding hydrogens is 390 g/mol. The minimum absolute atomic E-state index is 0.0395. The van der Waals surface area contributed by atoms with E-state index in [1.165, 1.54) is 24.3 Å². The van der Waals surface area contributed by atoms with Crippen LogP contribution >= 0.6 is 0 Å². The number of hydrogen-bond acceptors (Lipinski definition) is 6. The van der Waals surface area contributed by atoms with Crippen LogP contribution in [0.3, 0.4) is 0 Å². The second-order valence-electron chi connectivity index (χ2n) is 6.94. The first-order chi connectivity index (χ1) is 14.4. The Morgan fingerprint density at radius 3 is 2.27 bits per heavy atom. The van der Waals surface area contributed by atoms with Crippen molar-refractivity contribution < 1.29 is 19.3 Å². The van der Waals surface area contributed by atoms with Gasteiger partial charge in [0.25, 0.3) is 11.6 Å². The minimum atomic E-state index is -0.839. The molecule has 0 saturated carbocycles. The summed E-state index contributed by atoms with van der Waals surface area (Å²) in [5, 5.41) is 15.6. The van der Waals surface area contributed by atoms with E-state index in [4.69, 9.17) is 0 Å². The third-order valence-electron chi connectivity index (χ3n) is 4.92. The molecule has 156 valence electrons. The molecule has 0 bridgehead atoms. The van der Waals surface area contributed by atoms with Crippen LogP contribution in [0, 0.1) is 16.0 Å². The predicted molar refractivity (Wildman–Crippen MR) is 108 cm³/mol. The summed E-state index contributed by atoms with van der Waals surface area (Å²) in [6.07, 6.45) is 4.61. The molecular formula is C20H21N5O5. The molecule has 1 aliphatic rings. The van der Waals surface area contributed by atoms with Crippen molar-refractivity contribution in [2.75, 3.05) is 25.0 Å². The Kier molecular flexibility index (Phi) is 6.68. The van der Waals surface area contributed by atoms with E-state index in [0.717, 1.165) is 12.8 Å². The molecule has 1 aliphatic heterocycles. The molecule has 1 fully saturated rings. The Hall–Kier alpha value is -3.82. The van der Waals surface area contributed by atoms with Crippen molar-refractivity contribution in [3.8, 4) is 0 Å². The van der Waals surface area contributed by atoms with Gasteiger partial charge in [-0.15, -0.1) is 0 Å². The first kappa shape index (κ1) is 20.9. The van der Waals surface area contributed by atoms with Gasteiger partial charge in [-0.25, -0.2) is 0 Å². The number of hydrogen-bond donors (Lipinski definition) is 2. The molecule has 1 aromatic heterocycles. The van der Waals surface area contributed by atoms with E-state index in [2.05, 4.69) is 15.6 Å². The van der Waals surface area contributed by atoms with Gasteiger partial charge >= 0.3 is 11.8 Å². The van der Waals surface area contributed by atoms with Gasteiger partial charge in [0.05, 0.1) is 4.92 Å². The highest BCUT2D eigenvalue weighted by Gasteiger charge is 2.24. The van der Waals surface area contributed by atoms with Gasteiger partial charge in [0.2, 0.25) is 0 Å². The highest BCUT2D eigenvalue weighted by Crippen LogP contribution is 2.18. The van der Waals surface area contributed by atoms with Gasteiger partial charge in [0.15, 0.2) is 0 Å². The Morgan fingerprint density at radius 2 is 1.67 bits per heavy atom. The number of amides is 3. The highest BCUT2D eigenvalue weighted by molar-refractivity contribution is 6.39. The van der Waals surface area contributed by atoms with Crippen LogP contribution in [0.25, 0.3) is 0 Å². The number of rotatable bonds is 5. The maximum atomic E-state index is 12.4. The summed E-state index contributed by atoms with van der Waals surface area (Å²) in [4.78, 5) is 52.2. The zero-order chi connectivity index (χ0) is 21.5. The Balaban J connectivity index is 1.41. The molecule has 0 radical (unpaired) electrons. The molecule has 30 heavy (non-hydrogen) atoms. The number of anilines is 1. The number of carbonyl (C=O) groups is 3. The summed E-state index contributed by atoms with van der Waals surface area (Å²) in [7, 11) is 0. The van der Waals surface area contributed by atoms with E-state index in [9.17, 15) is 24.5 Å². The van der Waals surface area contributed by atoms with E-state index < -0.39 is 16.7 Å². The molecule has 0 atom stereocenters. The molecule has 2 heterocycles. The van der Waals surface area contributed by atoms with E-state index in [1.54, 1.807) is 29.4 Å². The summed E-state index contributed by atoms with van der Waals surface area (Å²) in [5.41, 5.74) is 0.787. The van der Waals surface area contributed by atoms with Crippen LogP contribution in [0.4, 0.5) is 11.4 Å². The van der Waals surface area contributed by atoms with E-state index >= 15 is 0 Å². The quantitative estimate of drug-likeness (QED) is 0.436. The molecule has 2 aromatic rings. The Bertz CT molecular complexity index is 924. The molecule has 10 nitrogen and oxygen atoms in total. The van der Waals surface area contributed by atoms with Crippen LogP contribution in [-0.2, 0) is 9.59 Å². The van der Waals surface area contributed by atoms with Gasteiger partial charge in [-0.1, -0.05) is 0 Å². The van der Waals surface area contributed by atoms with Crippen molar-refractivity contribution in [3.05, 3.63) is 64.5 Å². The minimum Gasteiger partial charge on any atom is -0.348 e. The number of aromatic nitrogens is 1. The standard InChI is InChI=1S/C20H21N5O5/c26-18(19(27)23-16-1-3-17(4-2-16)25(29)30)22-13-14-7-11-24(12-8-14)20(28)15-5-9-21-10-6-15/h1-6,9-10,14H,7-8,11-13H2,(H,22,26)(H,23,27). The molecule has 10 heteroatoms. The largest absolute Gasteiger partial charge is 0.348 e. The Morgan fingerprint density at radius 1 is 1.03 bits per heavy atom. The lowest BCUT2D eigenvalue weighted by Gasteiger charge is -2.32. The van der Waals surface area contributed by atoms with Crippen LogP contribution in [0.15, 0.2) is 48.8 Å². The van der Waals surface area contributed by atoms with Crippen LogP contribution in [0.5, 0.6) is 0 Å². The average Bonchev–Trinajstić information content (AvgIpc) is 2.78. The summed E-state index contributed by atoms with van der Waals surface area (Å²) in [6.45, 7) is 1.50. The number of benzene rings is 1. The first-order valence-corrected chi connectivity index (χ1v) is 9.47. The fourth-order valence-corrected chi connectivity index (χ4v) is 3.19. The van der Waals surface area contributed by atoms with Gasteiger partial charge in [0, 0.05) is 55.4 Å². The summed E-state index contributed by atoms with van der Waals surface area (Å²) in [5.74, 6) is -1.48. The third kappa shape index (κ3) is 5.37. The fourth-order valence-electron chi connectivity index (χ4n) is 3.19. The number of nitro groups is 1. The summed E-state index contributed by atoms with van der Waals surface area (Å²) in [6, 6.07) is 8.57. The first-order valence-electron chi connectivity index (χ1n) is 9.47. The van der Waals surface area contributed by atoms with E-state index in [1.807, 2.05) is 0 Å². The average molecular weight is 411 g/mol. The van der Waals surface area contributed by atoms with Gasteiger partial charge in [-0.3, -0.25) is 29.5 Å². The molecule has 1 saturated heterocycles. The number of non-ortho nitro benzene ring substituents is 1. The number of nitrogens with one attached hydrogen (secondary N) is 2. The smallest absolute Gasteiger partial charge is 0.313 e. The summed E-state index contributed by atoms with van der Waals surface area (Å²) >= 11 is 0. The number of nitro benzene ring substituents is 1. The lowest BCUT2D eigenvalue weighted by molar-refractivity contribution is -0.384. The van der Waals surface area contributed by atoms with Crippen LogP contribution < -0.4 is 10.6 Å². The predicted octanol–water partition coefficient (Wildman–Crippen LogP) is 1.60. The van der Waals surface area contributed by atoms with Gasteiger partial charge in [0.1, 0.15) is 0 Å². The third-order valence-corrected chi connectivity index (χ3v) is 4.92. The van der Waals surface area contributed by atoms with Crippen LogP contribution in [0.2, 0.25) is 0 Å². The topological polar surface area (TPSA) is 135 Å². The molecule has 0 unspecified atom stereocenters. The van der Waals surface area contributed by atoms with Crippen LogP contribution in [-0.4, -0.2) is 52.2 Å². The van der Waals surface area contributed by atoms with Gasteiger partial charge < -0.3 is 15.5 Å². The highest BCUT2D eigenvalue weighted by atomic mass is 16.6. The van der Waals surface area contributed by atoms with Crippen LogP contribution in [0.1, 0.15) is 23.2 Å². The number of carbonyl (C=O) groups excluding carboxylic acids is 3. The fraction of sp³-hybridized carbons (Fsp3) is 0.300. The van der Waals surface area contributed by atoms with E-state index in [0.29, 0.717) is 30.9 Å². The monoisotopic (exact) mass is 411 g/mol. The molecule has 1 aromatic carbocycles. The van der Waals surface area contributed by atoms with E-state index in [-0.39, 0.29) is 17.5 Å². The zero-order valence-electron chi connectivity index (χ0n) is 16.1. The van der Waals surface area contributed by atoms with Crippen molar-refractivity contribution >= 4 is 29.1 Å². The Labute approximate surface area is 172 Å². The van der Waals surface area contributed by atoms with Crippen molar-refractivity contribution in [3.63, 3.8) is 0 Å². The van der Waals surface area contributed by atoms with Crippen molar-refractivity contribution in [1.29, 1.82) is 0 Å².